The lowest BCUT2D eigenvalue weighted by Crippen LogP contribution is -2.54. The van der Waals surface area contributed by atoms with E-state index in [4.69, 9.17) is 4.74 Å². The molecule has 186 valence electrons. The summed E-state index contributed by atoms with van der Waals surface area (Å²) in [5.41, 5.74) is -0.0809. The Bertz CT molecular complexity index is 1240. The first kappa shape index (κ1) is 23.7. The fraction of sp³-hybridized carbons (Fsp3) is 0.538. The fourth-order valence-corrected chi connectivity index (χ4v) is 5.45. The van der Waals surface area contributed by atoms with E-state index in [1.54, 1.807) is 4.90 Å². The molecule has 5 rings (SSSR count). The number of hydrogen-bond acceptors (Lipinski definition) is 6. The molecule has 9 nitrogen and oxygen atoms in total. The second kappa shape index (κ2) is 9.54. The van der Waals surface area contributed by atoms with Gasteiger partial charge in [0.25, 0.3) is 17.2 Å². The number of aromatic nitrogens is 4. The normalized spacial score (nSPS) is 18.8. The first-order valence-corrected chi connectivity index (χ1v) is 12.5. The highest BCUT2D eigenvalue weighted by Crippen LogP contribution is 2.42. The topological polar surface area (TPSA) is 113 Å². The van der Waals surface area contributed by atoms with Crippen LogP contribution >= 0.6 is 0 Å². The van der Waals surface area contributed by atoms with Gasteiger partial charge >= 0.3 is 0 Å². The van der Waals surface area contributed by atoms with Crippen LogP contribution < -0.4 is 5.56 Å². The van der Waals surface area contributed by atoms with E-state index in [0.29, 0.717) is 30.9 Å². The molecular weight excluding hydrogens is 446 g/mol. The predicted molar refractivity (Wildman–Crippen MR) is 131 cm³/mol. The Hall–Kier alpha value is -3.04. The number of rotatable bonds is 8. The van der Waals surface area contributed by atoms with Crippen molar-refractivity contribution in [3.8, 4) is 11.4 Å². The van der Waals surface area contributed by atoms with Crippen molar-refractivity contribution in [1.82, 2.24) is 24.5 Å². The lowest BCUT2D eigenvalue weighted by Gasteiger charge is -2.45. The molecule has 2 aliphatic rings. The van der Waals surface area contributed by atoms with Gasteiger partial charge in [0.2, 0.25) is 0 Å². The average molecular weight is 480 g/mol. The smallest absolute Gasteiger partial charge is 0.274 e. The van der Waals surface area contributed by atoms with Gasteiger partial charge in [0, 0.05) is 30.6 Å². The zero-order chi connectivity index (χ0) is 24.5. The van der Waals surface area contributed by atoms with Crippen molar-refractivity contribution in [2.24, 2.45) is 5.41 Å². The lowest BCUT2D eigenvalue weighted by atomic mass is 9.69. The Labute approximate surface area is 204 Å². The maximum absolute atomic E-state index is 13.6. The Kier molecular flexibility index (Phi) is 6.46. The van der Waals surface area contributed by atoms with E-state index in [9.17, 15) is 14.7 Å². The van der Waals surface area contributed by atoms with Crippen LogP contribution in [0.4, 0.5) is 0 Å². The third-order valence-corrected chi connectivity index (χ3v) is 7.65. The van der Waals surface area contributed by atoms with Gasteiger partial charge in [-0.25, -0.2) is 4.98 Å². The van der Waals surface area contributed by atoms with Gasteiger partial charge in [0.15, 0.2) is 5.82 Å². The number of aliphatic hydroxyl groups excluding tert-OH is 1. The highest BCUT2D eigenvalue weighted by molar-refractivity contribution is 5.85. The molecule has 2 heterocycles. The van der Waals surface area contributed by atoms with Crippen LogP contribution in [0.5, 0.6) is 0 Å². The van der Waals surface area contributed by atoms with Crippen molar-refractivity contribution in [3.63, 3.8) is 0 Å². The molecule has 2 aromatic heterocycles. The third kappa shape index (κ3) is 4.62. The summed E-state index contributed by atoms with van der Waals surface area (Å²) in [5.74, 6) is 0.787. The van der Waals surface area contributed by atoms with Crippen molar-refractivity contribution in [2.45, 2.75) is 63.6 Å². The number of ether oxygens (including phenoxy) is 1. The van der Waals surface area contributed by atoms with Gasteiger partial charge in [-0.3, -0.25) is 14.7 Å². The molecule has 2 fully saturated rings. The number of likely N-dealkylation sites (N-methyl/N-ethyl adjacent to an activating group) is 1. The first-order chi connectivity index (χ1) is 16.9. The minimum absolute atomic E-state index is 0.0409. The Morgan fingerprint density at radius 1 is 1.11 bits per heavy atom. The van der Waals surface area contributed by atoms with E-state index in [0.717, 1.165) is 44.1 Å². The summed E-state index contributed by atoms with van der Waals surface area (Å²) in [4.78, 5) is 37.1. The van der Waals surface area contributed by atoms with Crippen LogP contribution in [0.1, 0.15) is 57.1 Å². The number of benzene rings is 1. The minimum atomic E-state index is -0.930. The number of H-pyrrole nitrogens is 1. The Balaban J connectivity index is 1.35. The molecule has 0 saturated heterocycles. The summed E-state index contributed by atoms with van der Waals surface area (Å²) in [6.07, 6.45) is 7.17. The molecule has 3 aromatic rings. The van der Waals surface area contributed by atoms with E-state index in [2.05, 4.69) is 15.1 Å². The van der Waals surface area contributed by atoms with Gasteiger partial charge in [0.1, 0.15) is 5.60 Å². The van der Waals surface area contributed by atoms with Crippen molar-refractivity contribution < 1.29 is 14.6 Å². The van der Waals surface area contributed by atoms with E-state index in [1.807, 2.05) is 37.4 Å². The number of aliphatic hydroxyl groups is 1. The molecule has 1 amide bonds. The summed E-state index contributed by atoms with van der Waals surface area (Å²) >= 11 is 0. The largest absolute Gasteiger partial charge is 0.396 e. The van der Waals surface area contributed by atoms with Gasteiger partial charge in [-0.2, -0.15) is 9.50 Å². The molecule has 2 N–H and O–H groups in total. The van der Waals surface area contributed by atoms with Crippen molar-refractivity contribution in [2.75, 3.05) is 20.2 Å². The number of nitrogens with one attached hydrogen (secondary N) is 1. The summed E-state index contributed by atoms with van der Waals surface area (Å²) < 4.78 is 7.65. The predicted octanol–water partition coefficient (Wildman–Crippen LogP) is 2.93. The molecule has 0 unspecified atom stereocenters. The summed E-state index contributed by atoms with van der Waals surface area (Å²) in [6, 6.07) is 11.0. The quantitative estimate of drug-likeness (QED) is 0.514. The number of aromatic amines is 1. The molecule has 0 atom stereocenters. The molecule has 35 heavy (non-hydrogen) atoms. The van der Waals surface area contributed by atoms with Gasteiger partial charge in [-0.05, 0) is 25.7 Å². The van der Waals surface area contributed by atoms with E-state index in [1.165, 1.54) is 10.6 Å². The van der Waals surface area contributed by atoms with Crippen LogP contribution in [0.15, 0.2) is 41.2 Å². The highest BCUT2D eigenvalue weighted by Gasteiger charge is 2.45. The number of carbonyl (C=O) groups is 1. The second-order valence-electron chi connectivity index (χ2n) is 10.2. The van der Waals surface area contributed by atoms with Gasteiger partial charge in [-0.1, -0.05) is 56.0 Å². The molecule has 2 saturated carbocycles. The van der Waals surface area contributed by atoms with Gasteiger partial charge in [0.05, 0.1) is 18.9 Å². The fourth-order valence-electron chi connectivity index (χ4n) is 5.45. The standard InChI is InChI=1S/C26H33N5O4/c1-30(17-25(18-32)11-8-12-25)23(34)26(13-6-3-7-14-26)35-16-20-15-21(33)31-24(27-20)28-22(29-31)19-9-4-2-5-10-19/h2,4-5,9-10,15,32H,3,6-8,11-14,16-18H2,1H3,(H,27,28,29). The van der Waals surface area contributed by atoms with Crippen molar-refractivity contribution in [3.05, 3.63) is 52.4 Å². The van der Waals surface area contributed by atoms with Crippen LogP contribution in [0.3, 0.4) is 0 Å². The second-order valence-corrected chi connectivity index (χ2v) is 10.2. The maximum atomic E-state index is 13.6. The molecule has 0 bridgehead atoms. The van der Waals surface area contributed by atoms with Crippen LogP contribution in [0.2, 0.25) is 0 Å². The number of fused-ring (bicyclic) bond motifs is 1. The zero-order valence-electron chi connectivity index (χ0n) is 20.2. The summed E-state index contributed by atoms with van der Waals surface area (Å²) in [5, 5.41) is 12.9. The van der Waals surface area contributed by atoms with E-state index < -0.39 is 5.60 Å². The zero-order valence-corrected chi connectivity index (χ0v) is 20.2. The van der Waals surface area contributed by atoms with E-state index in [-0.39, 0.29) is 35.9 Å². The molecule has 2 aliphatic carbocycles. The van der Waals surface area contributed by atoms with Gasteiger partial charge in [-0.15, -0.1) is 0 Å². The van der Waals surface area contributed by atoms with Crippen LogP contribution in [-0.4, -0.2) is 61.3 Å². The number of hydrogen-bond donors (Lipinski definition) is 2. The summed E-state index contributed by atoms with van der Waals surface area (Å²) in [7, 11) is 1.81. The minimum Gasteiger partial charge on any atom is -0.396 e. The number of amides is 1. The van der Waals surface area contributed by atoms with Crippen LogP contribution in [0.25, 0.3) is 17.2 Å². The van der Waals surface area contributed by atoms with Crippen molar-refractivity contribution >= 4 is 11.7 Å². The van der Waals surface area contributed by atoms with Crippen LogP contribution in [-0.2, 0) is 16.1 Å². The average Bonchev–Trinajstić information content (AvgIpc) is 3.30. The molecule has 1 aromatic carbocycles. The van der Waals surface area contributed by atoms with Crippen LogP contribution in [0, 0.1) is 5.41 Å². The van der Waals surface area contributed by atoms with E-state index >= 15 is 0 Å². The van der Waals surface area contributed by atoms with Gasteiger partial charge < -0.3 is 14.7 Å². The molecular formula is C26H33N5O4. The third-order valence-electron chi connectivity index (χ3n) is 7.65. The number of carbonyl (C=O) groups excluding carboxylic acids is 1. The highest BCUT2D eigenvalue weighted by atomic mass is 16.5. The Morgan fingerprint density at radius 2 is 1.86 bits per heavy atom. The monoisotopic (exact) mass is 479 g/mol. The Morgan fingerprint density at radius 3 is 2.51 bits per heavy atom. The molecule has 0 radical (unpaired) electrons. The molecule has 9 heteroatoms. The van der Waals surface area contributed by atoms with Crippen molar-refractivity contribution in [1.29, 1.82) is 0 Å². The molecule has 0 spiro atoms. The lowest BCUT2D eigenvalue weighted by molar-refractivity contribution is -0.167. The maximum Gasteiger partial charge on any atom is 0.274 e. The molecule has 0 aliphatic heterocycles. The SMILES string of the molecule is CN(CC1(CO)CCC1)C(=O)C1(OCc2cc(=O)n3[nH]c(-c4ccccc4)nc3n2)CCCCC1. The summed E-state index contributed by atoms with van der Waals surface area (Å²) in [6.45, 7) is 0.694. The number of nitrogens with zero attached hydrogens (tertiary/aromatic N) is 4. The first-order valence-electron chi connectivity index (χ1n) is 12.5.